The molecule has 5 aliphatic heterocycles. The number of carbonyl (C=O) groups is 2. The molecule has 8 nitrogen and oxygen atoms in total. The van der Waals surface area contributed by atoms with Crippen LogP contribution in [0.5, 0.6) is 0 Å². The number of benzene rings is 2. The molecule has 174 valence electrons. The Morgan fingerprint density at radius 1 is 1.03 bits per heavy atom. The van der Waals surface area contributed by atoms with E-state index < -0.39 is 34.0 Å². The van der Waals surface area contributed by atoms with E-state index in [2.05, 4.69) is 10.3 Å². The number of fused-ring (bicyclic) bond motifs is 7. The van der Waals surface area contributed by atoms with Crippen LogP contribution in [0.4, 0.5) is 5.69 Å². The van der Waals surface area contributed by atoms with Gasteiger partial charge in [-0.2, -0.15) is 0 Å². The second-order valence-corrected chi connectivity index (χ2v) is 13.4. The van der Waals surface area contributed by atoms with Crippen LogP contribution in [0.1, 0.15) is 11.1 Å². The van der Waals surface area contributed by atoms with Crippen LogP contribution >= 0.6 is 31.4 Å². The lowest BCUT2D eigenvalue weighted by Gasteiger charge is -2.50. The average Bonchev–Trinajstić information content (AvgIpc) is 3.43. The lowest BCUT2D eigenvalue weighted by atomic mass is 9.70. The van der Waals surface area contributed by atoms with E-state index >= 15 is 0 Å². The summed E-state index contributed by atoms with van der Waals surface area (Å²) in [7, 11) is 5.17. The van der Waals surface area contributed by atoms with Crippen LogP contribution in [-0.2, 0) is 15.0 Å². The Bertz CT molecular complexity index is 1400. The molecule has 34 heavy (non-hydrogen) atoms. The Labute approximate surface area is 206 Å². The van der Waals surface area contributed by atoms with E-state index in [-0.39, 0.29) is 11.8 Å². The maximum Gasteiger partial charge on any atom is 0.265 e. The van der Waals surface area contributed by atoms with Crippen molar-refractivity contribution in [3.63, 3.8) is 0 Å². The van der Waals surface area contributed by atoms with Crippen LogP contribution in [0.25, 0.3) is 10.9 Å². The Hall–Kier alpha value is -2.31. The fourth-order valence-corrected chi connectivity index (χ4v) is 12.1. The largest absolute Gasteiger partial charge is 0.392 e. The third-order valence-electron chi connectivity index (χ3n) is 7.80. The molecule has 4 N–H and O–H groups in total. The standard InChI is InChI=1S/C23H20N4O4S3/c1-26-20(31)23-17(29)22(14-10-24-15-8-4-2-6-12(14)15)13-7-3-5-9-16(13)25-18(22)27(23)19(30)21(26,11-28)32-34-33-23/h2-10,17-18,24-25,28-29H,11H2,1H3/t17-,18+,21?,22+,23-/m0/s1. The number of aromatic nitrogens is 1. The summed E-state index contributed by atoms with van der Waals surface area (Å²) >= 11 is 0. The smallest absolute Gasteiger partial charge is 0.265 e. The number of nitrogens with zero attached hydrogens (tertiary/aromatic N) is 2. The van der Waals surface area contributed by atoms with Crippen LogP contribution < -0.4 is 5.32 Å². The number of aromatic amines is 1. The zero-order valence-corrected chi connectivity index (χ0v) is 20.3. The predicted molar refractivity (Wildman–Crippen MR) is 134 cm³/mol. The first-order chi connectivity index (χ1) is 16.4. The minimum atomic E-state index is -1.55. The number of para-hydroxylation sites is 2. The van der Waals surface area contributed by atoms with Crippen molar-refractivity contribution in [3.8, 4) is 0 Å². The topological polar surface area (TPSA) is 109 Å². The van der Waals surface area contributed by atoms with Crippen molar-refractivity contribution in [2.24, 2.45) is 0 Å². The second kappa shape index (κ2) is 6.67. The molecule has 3 aromatic rings. The van der Waals surface area contributed by atoms with Crippen LogP contribution in [0.15, 0.2) is 54.7 Å². The summed E-state index contributed by atoms with van der Waals surface area (Å²) in [6.45, 7) is -0.519. The third kappa shape index (κ3) is 2.03. The van der Waals surface area contributed by atoms with Gasteiger partial charge in [0.2, 0.25) is 9.74 Å². The highest BCUT2D eigenvalue weighted by Gasteiger charge is 2.81. The fourth-order valence-electron chi connectivity index (χ4n) is 6.19. The van der Waals surface area contributed by atoms with E-state index in [1.54, 1.807) is 0 Å². The Kier molecular flexibility index (Phi) is 4.12. The number of hydrogen-bond acceptors (Lipinski definition) is 8. The summed E-state index contributed by atoms with van der Waals surface area (Å²) in [5.41, 5.74) is 2.27. The molecular weight excluding hydrogens is 492 g/mol. The number of carbonyl (C=O) groups excluding carboxylic acids is 2. The molecule has 11 heteroatoms. The molecule has 5 aliphatic rings. The lowest BCUT2D eigenvalue weighted by molar-refractivity contribution is -0.168. The molecule has 4 fully saturated rings. The molecule has 0 saturated carbocycles. The zero-order valence-electron chi connectivity index (χ0n) is 17.9. The van der Waals surface area contributed by atoms with Gasteiger partial charge in [0.15, 0.2) is 0 Å². The van der Waals surface area contributed by atoms with E-state index in [0.717, 1.165) is 38.5 Å². The SMILES string of the molecule is CN1C(=O)[C@]23SSSC1(CO)C(=O)N2[C@H]1Nc2ccccc2[C@@]1(c1c[nH]c2ccccc12)[C@@H]3O. The quantitative estimate of drug-likeness (QED) is 0.388. The third-order valence-corrected chi connectivity index (χ3v) is 12.9. The van der Waals surface area contributed by atoms with E-state index in [9.17, 15) is 19.8 Å². The highest BCUT2D eigenvalue weighted by molar-refractivity contribution is 9.10. The number of rotatable bonds is 2. The number of anilines is 1. The Morgan fingerprint density at radius 2 is 1.79 bits per heavy atom. The van der Waals surface area contributed by atoms with Gasteiger partial charge in [-0.3, -0.25) is 14.5 Å². The molecule has 8 rings (SSSR count). The normalized spacial score (nSPS) is 35.9. The summed E-state index contributed by atoms with van der Waals surface area (Å²) in [4.78, 5) is 31.3. The highest BCUT2D eigenvalue weighted by atomic mass is 33.5. The summed E-state index contributed by atoms with van der Waals surface area (Å²) in [5, 5.41) is 27.2. The molecule has 2 amide bonds. The number of aliphatic hydroxyl groups is 2. The van der Waals surface area contributed by atoms with Gasteiger partial charge in [0.25, 0.3) is 11.8 Å². The second-order valence-electron chi connectivity index (χ2n) is 9.02. The number of piperazine rings is 1. The van der Waals surface area contributed by atoms with Gasteiger partial charge in [0, 0.05) is 29.8 Å². The van der Waals surface area contributed by atoms with Crippen LogP contribution in [0.2, 0.25) is 0 Å². The van der Waals surface area contributed by atoms with Gasteiger partial charge in [-0.05, 0) is 54.7 Å². The van der Waals surface area contributed by atoms with Crippen molar-refractivity contribution in [1.82, 2.24) is 14.8 Å². The minimum absolute atomic E-state index is 0.384. The molecule has 4 saturated heterocycles. The van der Waals surface area contributed by atoms with E-state index in [0.29, 0.717) is 0 Å². The van der Waals surface area contributed by atoms with Crippen molar-refractivity contribution >= 4 is 59.8 Å². The molecule has 2 bridgehead atoms. The van der Waals surface area contributed by atoms with Gasteiger partial charge in [-0.1, -0.05) is 36.4 Å². The van der Waals surface area contributed by atoms with Gasteiger partial charge < -0.3 is 25.4 Å². The maximum atomic E-state index is 14.2. The Morgan fingerprint density at radius 3 is 2.62 bits per heavy atom. The molecule has 1 aromatic heterocycles. The molecular formula is C23H20N4O4S3. The number of aliphatic hydroxyl groups excluding tert-OH is 2. The van der Waals surface area contributed by atoms with Gasteiger partial charge in [-0.15, -0.1) is 0 Å². The first-order valence-electron chi connectivity index (χ1n) is 10.8. The molecule has 2 aromatic carbocycles. The summed E-state index contributed by atoms with van der Waals surface area (Å²) in [6, 6.07) is 15.5. The van der Waals surface area contributed by atoms with Crippen molar-refractivity contribution in [1.29, 1.82) is 0 Å². The maximum absolute atomic E-state index is 14.2. The molecule has 0 radical (unpaired) electrons. The number of likely N-dealkylation sites (N-methyl/N-ethyl adjacent to an activating group) is 1. The van der Waals surface area contributed by atoms with E-state index in [1.165, 1.54) is 37.5 Å². The van der Waals surface area contributed by atoms with Gasteiger partial charge in [0.1, 0.15) is 12.3 Å². The van der Waals surface area contributed by atoms with Crippen molar-refractivity contribution in [3.05, 3.63) is 65.9 Å². The van der Waals surface area contributed by atoms with Crippen molar-refractivity contribution < 1.29 is 19.8 Å². The molecule has 1 spiro atoms. The minimum Gasteiger partial charge on any atom is -0.392 e. The first-order valence-corrected chi connectivity index (χ1v) is 14.3. The monoisotopic (exact) mass is 512 g/mol. The molecule has 6 heterocycles. The summed E-state index contributed by atoms with van der Waals surface area (Å²) in [6.07, 6.45) is -0.0956. The number of hydrogen-bond donors (Lipinski definition) is 4. The van der Waals surface area contributed by atoms with Gasteiger partial charge >= 0.3 is 0 Å². The fraction of sp³-hybridized carbons (Fsp3) is 0.304. The zero-order chi connectivity index (χ0) is 23.5. The molecule has 1 unspecified atom stereocenters. The lowest BCUT2D eigenvalue weighted by Crippen LogP contribution is -2.75. The van der Waals surface area contributed by atoms with Gasteiger partial charge in [-0.25, -0.2) is 0 Å². The number of nitrogens with one attached hydrogen (secondary N) is 2. The van der Waals surface area contributed by atoms with Gasteiger partial charge in [0.05, 0.1) is 12.0 Å². The first kappa shape index (κ1) is 21.0. The van der Waals surface area contributed by atoms with Crippen molar-refractivity contribution in [2.45, 2.75) is 27.4 Å². The number of amides is 2. The predicted octanol–water partition coefficient (Wildman–Crippen LogP) is 2.31. The summed E-state index contributed by atoms with van der Waals surface area (Å²) in [5.74, 6) is -0.769. The average molecular weight is 513 g/mol. The Balaban J connectivity index is 1.58. The van der Waals surface area contributed by atoms with Crippen molar-refractivity contribution in [2.75, 3.05) is 19.0 Å². The molecule has 5 atom stereocenters. The summed E-state index contributed by atoms with van der Waals surface area (Å²) < 4.78 is 0. The van der Waals surface area contributed by atoms with E-state index in [1.807, 2.05) is 54.7 Å². The van der Waals surface area contributed by atoms with Crippen LogP contribution in [0, 0.1) is 0 Å². The highest BCUT2D eigenvalue weighted by Crippen LogP contribution is 2.69. The van der Waals surface area contributed by atoms with Crippen LogP contribution in [-0.4, -0.2) is 72.5 Å². The number of H-pyrrole nitrogens is 1. The molecule has 0 aliphatic carbocycles. The van der Waals surface area contributed by atoms with Crippen LogP contribution in [0.3, 0.4) is 0 Å². The van der Waals surface area contributed by atoms with E-state index in [4.69, 9.17) is 0 Å².